The zero-order valence-electron chi connectivity index (χ0n) is 20.1. The monoisotopic (exact) mass is 644 g/mol. The summed E-state index contributed by atoms with van der Waals surface area (Å²) in [4.78, 5) is 0. The minimum atomic E-state index is -10.7. The van der Waals surface area contributed by atoms with Crippen LogP contribution in [0.1, 0.15) is 45.4 Å². The van der Waals surface area contributed by atoms with Crippen LogP contribution in [0.25, 0.3) is 0 Å². The van der Waals surface area contributed by atoms with E-state index in [2.05, 4.69) is 31.2 Å². The van der Waals surface area contributed by atoms with Gasteiger partial charge in [-0.15, -0.1) is 0 Å². The summed E-state index contributed by atoms with van der Waals surface area (Å²) >= 11 is -0.445. The quantitative estimate of drug-likeness (QED) is 0.117. The van der Waals surface area contributed by atoms with E-state index in [0.717, 1.165) is 39.6 Å². The second-order valence-corrected chi connectivity index (χ2v) is 12.2. The number of methoxy groups -OCH3 is 3. The van der Waals surface area contributed by atoms with E-state index >= 15 is 0 Å². The molecule has 0 saturated heterocycles. The van der Waals surface area contributed by atoms with Crippen molar-refractivity contribution >= 4 is 7.81 Å². The molecule has 0 fully saturated rings. The molecule has 2 rings (SSSR count). The maximum atomic E-state index is 9.87. The van der Waals surface area contributed by atoms with Gasteiger partial charge in [0.05, 0.1) is 0 Å². The molecule has 2 aromatic carbocycles. The number of benzene rings is 2. The Labute approximate surface area is 212 Å². The van der Waals surface area contributed by atoms with Crippen LogP contribution in [0.5, 0.6) is 23.0 Å². The van der Waals surface area contributed by atoms with Crippen molar-refractivity contribution in [2.24, 2.45) is 0 Å². The Bertz CT molecular complexity index is 873. The van der Waals surface area contributed by atoms with Crippen LogP contribution in [0, 0.1) is 7.14 Å². The number of hydrogen-bond donors (Lipinski definition) is 0. The van der Waals surface area contributed by atoms with Crippen LogP contribution in [0.2, 0.25) is 0 Å². The summed E-state index contributed by atoms with van der Waals surface area (Å²) in [6, 6.07) is 12.2. The summed E-state index contributed by atoms with van der Waals surface area (Å²) in [5.41, 5.74) is 0. The van der Waals surface area contributed by atoms with E-state index in [1.54, 1.807) is 21.3 Å². The Balaban J connectivity index is 0.000000762. The first kappa shape index (κ1) is 31.4. The standard InChI is InChI=1S/C23H32IO4.F6P/c1-5-6-7-8-9-10-15-28-19-13-11-18(12-14-19)24-23-21(26-3)16-20(25-2)17-22(23)27-4;1-7(2,3,4,5)6/h11-14,16-17H,5-10,15H2,1-4H3;/q2*-1. The van der Waals surface area contributed by atoms with Gasteiger partial charge in [0, 0.05) is 0 Å². The van der Waals surface area contributed by atoms with Gasteiger partial charge >= 0.3 is 206 Å². The molecule has 0 N–H and O–H groups in total. The Morgan fingerprint density at radius 3 is 1.63 bits per heavy atom. The average molecular weight is 644 g/mol. The maximum absolute atomic E-state index is 10.7. The predicted molar refractivity (Wildman–Crippen MR) is 122 cm³/mol. The molecule has 0 radical (unpaired) electrons. The van der Waals surface area contributed by atoms with E-state index in [-0.39, 0.29) is 0 Å². The van der Waals surface area contributed by atoms with Gasteiger partial charge in [0.2, 0.25) is 0 Å². The second kappa shape index (κ2) is 13.1. The predicted octanol–water partition coefficient (Wildman–Crippen LogP) is 5.96. The van der Waals surface area contributed by atoms with Gasteiger partial charge in [-0.25, -0.2) is 0 Å². The average Bonchev–Trinajstić information content (AvgIpc) is 2.77. The molecular formula is C23H32F6IO4P-2. The third kappa shape index (κ3) is 15.9. The van der Waals surface area contributed by atoms with E-state index in [1.165, 1.54) is 35.7 Å². The van der Waals surface area contributed by atoms with Crippen LogP contribution >= 0.6 is 7.81 Å². The van der Waals surface area contributed by atoms with E-state index in [0.29, 0.717) is 0 Å². The fourth-order valence-electron chi connectivity index (χ4n) is 2.83. The molecule has 0 unspecified atom stereocenters. The first-order valence-electron chi connectivity index (χ1n) is 10.9. The van der Waals surface area contributed by atoms with Gasteiger partial charge in [-0.3, -0.25) is 0 Å². The summed E-state index contributed by atoms with van der Waals surface area (Å²) in [6.07, 6.45) is 7.66. The zero-order valence-corrected chi connectivity index (χ0v) is 23.2. The molecule has 0 aliphatic heterocycles. The van der Waals surface area contributed by atoms with Crippen LogP contribution in [0.15, 0.2) is 36.4 Å². The van der Waals surface area contributed by atoms with Crippen molar-refractivity contribution in [2.45, 2.75) is 45.4 Å². The number of halogens is 7. The summed E-state index contributed by atoms with van der Waals surface area (Å²) in [7, 11) is -5.65. The van der Waals surface area contributed by atoms with Crippen LogP contribution in [0.4, 0.5) is 25.2 Å². The Morgan fingerprint density at radius 2 is 1.17 bits per heavy atom. The van der Waals surface area contributed by atoms with Crippen molar-refractivity contribution in [3.63, 3.8) is 0 Å². The zero-order chi connectivity index (χ0) is 26.6. The Hall–Kier alpha value is -1.62. The molecule has 35 heavy (non-hydrogen) atoms. The molecule has 0 aliphatic carbocycles. The molecule has 4 nitrogen and oxygen atoms in total. The van der Waals surface area contributed by atoms with E-state index in [4.69, 9.17) is 18.9 Å². The molecule has 0 aliphatic rings. The van der Waals surface area contributed by atoms with Gasteiger partial charge in [-0.1, -0.05) is 6.92 Å². The SMILES string of the molecule is CCCCCCCCOc1ccc([I-]c2c(OC)cc(OC)cc2OC)cc1.F[P-](F)(F)(F)(F)F. The van der Waals surface area contributed by atoms with E-state index < -0.39 is 29.0 Å². The number of hydrogen-bond acceptors (Lipinski definition) is 4. The number of ether oxygens (including phenoxy) is 4. The van der Waals surface area contributed by atoms with Crippen LogP contribution in [-0.4, -0.2) is 27.9 Å². The molecule has 0 heterocycles. The molecule has 12 heteroatoms. The third-order valence-corrected chi connectivity index (χ3v) is 7.38. The van der Waals surface area contributed by atoms with Crippen molar-refractivity contribution in [1.29, 1.82) is 0 Å². The second-order valence-electron chi connectivity index (χ2n) is 7.47. The minimum absolute atomic E-state index is 0.445. The molecule has 0 amide bonds. The summed E-state index contributed by atoms with van der Waals surface area (Å²) in [5, 5.41) is 0. The van der Waals surface area contributed by atoms with Crippen molar-refractivity contribution in [3.8, 4) is 23.0 Å². The van der Waals surface area contributed by atoms with Crippen LogP contribution in [0.3, 0.4) is 0 Å². The molecule has 0 bridgehead atoms. The molecule has 0 atom stereocenters. The van der Waals surface area contributed by atoms with Crippen molar-refractivity contribution in [1.82, 2.24) is 0 Å². The molecule has 204 valence electrons. The van der Waals surface area contributed by atoms with Gasteiger partial charge in [-0.2, -0.15) is 0 Å². The van der Waals surface area contributed by atoms with Crippen molar-refractivity contribution in [2.75, 3.05) is 27.9 Å². The molecule has 0 saturated carbocycles. The molecule has 0 spiro atoms. The third-order valence-electron chi connectivity index (χ3n) is 4.44. The Kier molecular flexibility index (Phi) is 11.7. The number of unbranched alkanes of at least 4 members (excludes halogenated alkanes) is 5. The van der Waals surface area contributed by atoms with Gasteiger partial charge in [0.15, 0.2) is 0 Å². The van der Waals surface area contributed by atoms with Crippen molar-refractivity contribution < 1.29 is 65.3 Å². The fraction of sp³-hybridized carbons (Fsp3) is 0.478. The van der Waals surface area contributed by atoms with Crippen molar-refractivity contribution in [3.05, 3.63) is 43.5 Å². The van der Waals surface area contributed by atoms with Gasteiger partial charge in [-0.05, 0) is 0 Å². The van der Waals surface area contributed by atoms with Gasteiger partial charge in [0.1, 0.15) is 0 Å². The van der Waals surface area contributed by atoms with E-state index in [1.807, 2.05) is 12.1 Å². The number of rotatable bonds is 13. The fourth-order valence-corrected chi connectivity index (χ4v) is 5.46. The first-order chi connectivity index (χ1) is 16.2. The summed E-state index contributed by atoms with van der Waals surface area (Å²) in [6.45, 7) is 3.04. The van der Waals surface area contributed by atoms with Crippen LogP contribution < -0.4 is 40.2 Å². The Morgan fingerprint density at radius 1 is 0.686 bits per heavy atom. The van der Waals surface area contributed by atoms with Gasteiger partial charge in [0.25, 0.3) is 0 Å². The molecular weight excluding hydrogens is 612 g/mol. The topological polar surface area (TPSA) is 36.9 Å². The van der Waals surface area contributed by atoms with E-state index in [9.17, 15) is 25.2 Å². The molecule has 2 aromatic rings. The first-order valence-corrected chi connectivity index (χ1v) is 15.1. The summed E-state index contributed by atoms with van der Waals surface area (Å²) in [5.74, 6) is 3.30. The summed E-state index contributed by atoms with van der Waals surface area (Å²) < 4.78 is 83.9. The molecule has 0 aromatic heterocycles. The normalized spacial score (nSPS) is 13.2. The van der Waals surface area contributed by atoms with Crippen LogP contribution in [-0.2, 0) is 0 Å². The van der Waals surface area contributed by atoms with Gasteiger partial charge < -0.3 is 0 Å².